The van der Waals surface area contributed by atoms with E-state index < -0.39 is 22.0 Å². The maximum absolute atomic E-state index is 12.0. The molecule has 2 atom stereocenters. The summed E-state index contributed by atoms with van der Waals surface area (Å²) in [5.41, 5.74) is 0.467. The highest BCUT2D eigenvalue weighted by atomic mass is 32.2. The minimum absolute atomic E-state index is 0.0567. The van der Waals surface area contributed by atoms with Gasteiger partial charge in [-0.15, -0.1) is 0 Å². The van der Waals surface area contributed by atoms with Crippen molar-refractivity contribution in [2.45, 2.75) is 10.4 Å². The van der Waals surface area contributed by atoms with Gasteiger partial charge in [0.25, 0.3) is 0 Å². The zero-order valence-corrected chi connectivity index (χ0v) is 9.42. The van der Waals surface area contributed by atoms with E-state index in [4.69, 9.17) is 5.11 Å². The van der Waals surface area contributed by atoms with Crippen molar-refractivity contribution in [3.05, 3.63) is 42.2 Å². The average molecular weight is 251 g/mol. The molecule has 6 nitrogen and oxygen atoms in total. The molecule has 0 saturated heterocycles. The predicted molar refractivity (Wildman–Crippen MR) is 59.6 cm³/mol. The molecule has 0 aliphatic rings. The molecular formula is C10H9N3O3S. The normalized spacial score (nSPS) is 14.1. The van der Waals surface area contributed by atoms with Gasteiger partial charge in [-0.2, -0.15) is 5.10 Å². The number of aliphatic carboxylic acids is 1. The first kappa shape index (κ1) is 11.5. The fraction of sp³-hybridized carbons (Fsp3) is 0.100. The molecule has 0 aliphatic carbocycles. The topological polar surface area (TPSA) is 95.9 Å². The molecular weight excluding hydrogens is 242 g/mol. The predicted octanol–water partition coefficient (Wildman–Crippen LogP) is 0.738. The van der Waals surface area contributed by atoms with Crippen molar-refractivity contribution in [1.29, 1.82) is 0 Å². The molecule has 1 heterocycles. The van der Waals surface area contributed by atoms with E-state index in [-0.39, 0.29) is 5.16 Å². The number of aromatic amines is 1. The van der Waals surface area contributed by atoms with Gasteiger partial charge in [0, 0.05) is 0 Å². The number of carboxylic acid groups (broad SMARTS) is 1. The van der Waals surface area contributed by atoms with Crippen LogP contribution < -0.4 is 0 Å². The van der Waals surface area contributed by atoms with Gasteiger partial charge in [0.1, 0.15) is 17.1 Å². The van der Waals surface area contributed by atoms with Crippen LogP contribution in [0.25, 0.3) is 0 Å². The van der Waals surface area contributed by atoms with Crippen molar-refractivity contribution < 1.29 is 14.1 Å². The van der Waals surface area contributed by atoms with Crippen molar-refractivity contribution in [3.63, 3.8) is 0 Å². The maximum Gasteiger partial charge on any atom is 0.324 e. The molecule has 0 amide bonds. The van der Waals surface area contributed by atoms with E-state index in [0.717, 1.165) is 0 Å². The standard InChI is InChI=1S/C10H9N3O3S/c14-9(15)8(7-4-2-1-3-5-7)17(16)10-11-6-12-13-10/h1-6,8H,(H,14,15)(H,11,12,13). The molecule has 1 aromatic heterocycles. The summed E-state index contributed by atoms with van der Waals surface area (Å²) in [6.45, 7) is 0. The number of H-pyrrole nitrogens is 1. The third-order valence-corrected chi connectivity index (χ3v) is 3.60. The number of aromatic nitrogens is 3. The van der Waals surface area contributed by atoms with Crippen LogP contribution in [-0.2, 0) is 15.6 Å². The van der Waals surface area contributed by atoms with Crippen LogP contribution in [0.5, 0.6) is 0 Å². The third-order valence-electron chi connectivity index (χ3n) is 2.12. The van der Waals surface area contributed by atoms with E-state index >= 15 is 0 Å². The number of nitrogens with one attached hydrogen (secondary N) is 1. The molecule has 17 heavy (non-hydrogen) atoms. The Bertz CT molecular complexity index is 527. The van der Waals surface area contributed by atoms with Crippen LogP contribution in [0.1, 0.15) is 10.8 Å². The smallest absolute Gasteiger partial charge is 0.324 e. The zero-order valence-electron chi connectivity index (χ0n) is 8.61. The van der Waals surface area contributed by atoms with E-state index in [1.165, 1.54) is 6.33 Å². The number of benzene rings is 1. The lowest BCUT2D eigenvalue weighted by Gasteiger charge is -2.10. The van der Waals surface area contributed by atoms with Crippen molar-refractivity contribution >= 4 is 16.8 Å². The van der Waals surface area contributed by atoms with Gasteiger partial charge in [-0.25, -0.2) is 9.19 Å². The number of rotatable bonds is 4. The Morgan fingerprint density at radius 2 is 2.06 bits per heavy atom. The van der Waals surface area contributed by atoms with Crippen molar-refractivity contribution in [2.24, 2.45) is 0 Å². The van der Waals surface area contributed by atoms with Gasteiger partial charge in [0.05, 0.1) is 0 Å². The van der Waals surface area contributed by atoms with Gasteiger partial charge in [-0.3, -0.25) is 9.89 Å². The number of hydrogen-bond donors (Lipinski definition) is 2. The number of carboxylic acids is 1. The first-order valence-corrected chi connectivity index (χ1v) is 5.95. The Balaban J connectivity index is 2.37. The van der Waals surface area contributed by atoms with Crippen LogP contribution >= 0.6 is 0 Å². The molecule has 0 bridgehead atoms. The Kier molecular flexibility index (Phi) is 3.29. The molecule has 0 fully saturated rings. The van der Waals surface area contributed by atoms with Gasteiger partial charge >= 0.3 is 5.97 Å². The van der Waals surface area contributed by atoms with Crippen LogP contribution in [0.3, 0.4) is 0 Å². The quantitative estimate of drug-likeness (QED) is 0.835. The molecule has 7 heteroatoms. The largest absolute Gasteiger partial charge is 0.480 e. The van der Waals surface area contributed by atoms with E-state index in [2.05, 4.69) is 15.2 Å². The Morgan fingerprint density at radius 3 is 2.59 bits per heavy atom. The highest BCUT2D eigenvalue weighted by molar-refractivity contribution is 7.85. The van der Waals surface area contributed by atoms with Gasteiger partial charge in [-0.05, 0) is 5.56 Å². The monoisotopic (exact) mass is 251 g/mol. The van der Waals surface area contributed by atoms with E-state index in [0.29, 0.717) is 5.56 Å². The molecule has 0 radical (unpaired) electrons. The SMILES string of the molecule is O=C(O)C(c1ccccc1)S(=O)c1ncn[nH]1. The van der Waals surface area contributed by atoms with Crippen molar-refractivity contribution in [1.82, 2.24) is 15.2 Å². The Labute approximate surface area is 99.2 Å². The van der Waals surface area contributed by atoms with Crippen molar-refractivity contribution in [2.75, 3.05) is 0 Å². The van der Waals surface area contributed by atoms with Crippen LogP contribution in [-0.4, -0.2) is 30.5 Å². The maximum atomic E-state index is 12.0. The molecule has 88 valence electrons. The summed E-state index contributed by atoms with van der Waals surface area (Å²) in [4.78, 5) is 14.9. The molecule has 2 rings (SSSR count). The molecule has 2 unspecified atom stereocenters. The first-order chi connectivity index (χ1) is 8.20. The highest BCUT2D eigenvalue weighted by Crippen LogP contribution is 2.23. The summed E-state index contributed by atoms with van der Waals surface area (Å²) in [7, 11) is -1.80. The minimum atomic E-state index is -1.80. The van der Waals surface area contributed by atoms with Gasteiger partial charge in [0.15, 0.2) is 5.25 Å². The Morgan fingerprint density at radius 1 is 1.35 bits per heavy atom. The number of hydrogen-bond acceptors (Lipinski definition) is 4. The van der Waals surface area contributed by atoms with Gasteiger partial charge < -0.3 is 5.11 Å². The lowest BCUT2D eigenvalue weighted by Crippen LogP contribution is -2.18. The van der Waals surface area contributed by atoms with E-state index in [1.807, 2.05) is 0 Å². The molecule has 1 aromatic carbocycles. The summed E-state index contributed by atoms with van der Waals surface area (Å²) in [6, 6.07) is 8.39. The van der Waals surface area contributed by atoms with Crippen LogP contribution in [0.2, 0.25) is 0 Å². The van der Waals surface area contributed by atoms with Crippen LogP contribution in [0, 0.1) is 0 Å². The van der Waals surface area contributed by atoms with Crippen molar-refractivity contribution in [3.8, 4) is 0 Å². The molecule has 0 spiro atoms. The average Bonchev–Trinajstić information content (AvgIpc) is 2.83. The van der Waals surface area contributed by atoms with Crippen LogP contribution in [0.15, 0.2) is 41.8 Å². The van der Waals surface area contributed by atoms with Gasteiger partial charge in [-0.1, -0.05) is 30.3 Å². The van der Waals surface area contributed by atoms with Crippen LogP contribution in [0.4, 0.5) is 0 Å². The summed E-state index contributed by atoms with van der Waals surface area (Å²) < 4.78 is 12.0. The second-order valence-corrected chi connectivity index (χ2v) is 4.67. The van der Waals surface area contributed by atoms with E-state index in [1.54, 1.807) is 30.3 Å². The molecule has 2 N–H and O–H groups in total. The minimum Gasteiger partial charge on any atom is -0.480 e. The number of nitrogens with zero attached hydrogens (tertiary/aromatic N) is 2. The summed E-state index contributed by atoms with van der Waals surface area (Å²) in [6.07, 6.45) is 1.19. The Hall–Kier alpha value is -2.02. The molecule has 0 saturated carbocycles. The second kappa shape index (κ2) is 4.88. The zero-order chi connectivity index (χ0) is 12.3. The lowest BCUT2D eigenvalue weighted by molar-refractivity contribution is -0.136. The fourth-order valence-electron chi connectivity index (χ4n) is 1.39. The molecule has 0 aliphatic heterocycles. The highest BCUT2D eigenvalue weighted by Gasteiger charge is 2.29. The number of carbonyl (C=O) groups is 1. The molecule has 2 aromatic rings. The summed E-state index contributed by atoms with van der Waals surface area (Å²) >= 11 is 0. The second-order valence-electron chi connectivity index (χ2n) is 3.22. The van der Waals surface area contributed by atoms with Gasteiger partial charge in [0.2, 0.25) is 5.16 Å². The lowest BCUT2D eigenvalue weighted by atomic mass is 10.1. The fourth-order valence-corrected chi connectivity index (χ4v) is 2.49. The summed E-state index contributed by atoms with van der Waals surface area (Å²) in [5, 5.41) is 14.0. The third kappa shape index (κ3) is 2.39. The summed E-state index contributed by atoms with van der Waals surface area (Å²) in [5.74, 6) is -1.16. The first-order valence-electron chi connectivity index (χ1n) is 4.74. The van der Waals surface area contributed by atoms with E-state index in [9.17, 15) is 9.00 Å².